The van der Waals surface area contributed by atoms with Gasteiger partial charge in [-0.05, 0) is 54.0 Å². The number of pyridine rings is 1. The summed E-state index contributed by atoms with van der Waals surface area (Å²) in [4.78, 5) is 0. The number of hydrogen-bond donors (Lipinski definition) is 0. The van der Waals surface area contributed by atoms with Crippen LogP contribution in [-0.2, 0) is 18.9 Å². The fraction of sp³-hybridized carbons (Fsp3) is 0.389. The molecule has 0 atom stereocenters. The van der Waals surface area contributed by atoms with Crippen LogP contribution in [0.4, 0.5) is 0 Å². The molecule has 1 heteroatoms. The molecule has 1 aliphatic carbocycles. The number of nitrogens with zero attached hydrogens (tertiary/aromatic N) is 1. The summed E-state index contributed by atoms with van der Waals surface area (Å²) in [6.07, 6.45) is 4.60. The summed E-state index contributed by atoms with van der Waals surface area (Å²) in [7, 11) is 2.12. The molecule has 2 aromatic rings. The van der Waals surface area contributed by atoms with E-state index in [1.165, 1.54) is 35.2 Å². The van der Waals surface area contributed by atoms with Crippen LogP contribution >= 0.6 is 0 Å². The van der Waals surface area contributed by atoms with E-state index < -0.39 is 0 Å². The number of fused-ring (bicyclic) bond motifs is 1. The summed E-state index contributed by atoms with van der Waals surface area (Å²) in [6, 6.07) is 11.2. The van der Waals surface area contributed by atoms with Gasteiger partial charge >= 0.3 is 0 Å². The van der Waals surface area contributed by atoms with E-state index in [1.807, 2.05) is 0 Å². The predicted molar refractivity (Wildman–Crippen MR) is 79.1 cm³/mol. The summed E-state index contributed by atoms with van der Waals surface area (Å²) in [5.74, 6) is 0. The highest BCUT2D eigenvalue weighted by molar-refractivity contribution is 5.64. The Labute approximate surface area is 115 Å². The van der Waals surface area contributed by atoms with Gasteiger partial charge in [-0.15, -0.1) is 0 Å². The highest BCUT2D eigenvalue weighted by atomic mass is 14.9. The quantitative estimate of drug-likeness (QED) is 0.681. The molecule has 0 unspecified atom stereocenters. The van der Waals surface area contributed by atoms with Crippen molar-refractivity contribution in [1.82, 2.24) is 0 Å². The molecular formula is C18H22N+. The van der Waals surface area contributed by atoms with Crippen molar-refractivity contribution < 1.29 is 4.57 Å². The highest BCUT2D eigenvalue weighted by Gasteiger charge is 2.31. The van der Waals surface area contributed by atoms with Crippen molar-refractivity contribution in [1.29, 1.82) is 0 Å². The van der Waals surface area contributed by atoms with Gasteiger partial charge in [0.1, 0.15) is 7.05 Å². The lowest BCUT2D eigenvalue weighted by molar-refractivity contribution is -0.660. The molecule has 0 saturated heterocycles. The Kier molecular flexibility index (Phi) is 2.74. The maximum atomic E-state index is 2.41. The number of rotatable bonds is 1. The standard InChI is InChI=1S/C18H22N/c1-13-11-16-14(8-9-18(16,2)3)12-15(13)17-7-5-6-10-19(17)4/h5-7,10-12H,8-9H2,1-4H3/q+1. The van der Waals surface area contributed by atoms with Crippen LogP contribution in [0.2, 0.25) is 0 Å². The van der Waals surface area contributed by atoms with Crippen molar-refractivity contribution in [3.05, 3.63) is 53.2 Å². The second kappa shape index (κ2) is 4.19. The Bertz CT molecular complexity index is 638. The molecule has 98 valence electrons. The first-order valence-corrected chi connectivity index (χ1v) is 7.08. The number of aryl methyl sites for hydroxylation is 3. The molecule has 0 aliphatic heterocycles. The third kappa shape index (κ3) is 1.98. The maximum Gasteiger partial charge on any atom is 0.212 e. The molecule has 0 radical (unpaired) electrons. The van der Waals surface area contributed by atoms with Gasteiger partial charge in [-0.25, -0.2) is 4.57 Å². The van der Waals surface area contributed by atoms with Crippen LogP contribution < -0.4 is 4.57 Å². The molecule has 1 nitrogen and oxygen atoms in total. The Balaban J connectivity index is 2.19. The van der Waals surface area contributed by atoms with Crippen molar-refractivity contribution in [3.8, 4) is 11.3 Å². The zero-order valence-electron chi connectivity index (χ0n) is 12.3. The second-order valence-corrected chi connectivity index (χ2v) is 6.40. The number of hydrogen-bond acceptors (Lipinski definition) is 0. The molecule has 1 heterocycles. The van der Waals surface area contributed by atoms with E-state index in [9.17, 15) is 0 Å². The molecule has 19 heavy (non-hydrogen) atoms. The first kappa shape index (κ1) is 12.4. The maximum absolute atomic E-state index is 2.41. The van der Waals surface area contributed by atoms with Crippen LogP contribution in [0.1, 0.15) is 37.0 Å². The minimum absolute atomic E-state index is 0.345. The zero-order valence-corrected chi connectivity index (χ0v) is 12.3. The van der Waals surface area contributed by atoms with Crippen LogP contribution in [0.3, 0.4) is 0 Å². The molecule has 3 rings (SSSR count). The average molecular weight is 252 g/mol. The van der Waals surface area contributed by atoms with Crippen molar-refractivity contribution in [2.24, 2.45) is 7.05 Å². The van der Waals surface area contributed by atoms with Crippen LogP contribution in [0.15, 0.2) is 36.5 Å². The van der Waals surface area contributed by atoms with Gasteiger partial charge in [0.15, 0.2) is 6.20 Å². The van der Waals surface area contributed by atoms with Crippen molar-refractivity contribution in [3.63, 3.8) is 0 Å². The minimum atomic E-state index is 0.345. The molecule has 1 aromatic heterocycles. The number of aromatic nitrogens is 1. The van der Waals surface area contributed by atoms with E-state index in [0.717, 1.165) is 0 Å². The Morgan fingerprint density at radius 2 is 1.95 bits per heavy atom. The lowest BCUT2D eigenvalue weighted by Crippen LogP contribution is -2.30. The van der Waals surface area contributed by atoms with Gasteiger partial charge in [0.05, 0.1) is 0 Å². The van der Waals surface area contributed by atoms with Crippen LogP contribution in [0.5, 0.6) is 0 Å². The van der Waals surface area contributed by atoms with Crippen molar-refractivity contribution in [2.45, 2.75) is 39.0 Å². The van der Waals surface area contributed by atoms with Gasteiger partial charge in [-0.2, -0.15) is 0 Å². The predicted octanol–water partition coefficient (Wildman–Crippen LogP) is 3.71. The lowest BCUT2D eigenvalue weighted by Gasteiger charge is -2.20. The Morgan fingerprint density at radius 3 is 2.68 bits per heavy atom. The van der Waals surface area contributed by atoms with E-state index in [2.05, 4.69) is 68.9 Å². The molecule has 0 amide bonds. The first-order valence-electron chi connectivity index (χ1n) is 7.08. The van der Waals surface area contributed by atoms with E-state index in [0.29, 0.717) is 5.41 Å². The lowest BCUT2D eigenvalue weighted by atomic mass is 9.85. The third-order valence-corrected chi connectivity index (χ3v) is 4.53. The zero-order chi connectivity index (χ0) is 13.6. The van der Waals surface area contributed by atoms with Crippen molar-refractivity contribution in [2.75, 3.05) is 0 Å². The average Bonchev–Trinajstić information content (AvgIpc) is 2.65. The van der Waals surface area contributed by atoms with E-state index >= 15 is 0 Å². The Hall–Kier alpha value is -1.63. The monoisotopic (exact) mass is 252 g/mol. The fourth-order valence-corrected chi connectivity index (χ4v) is 3.25. The van der Waals surface area contributed by atoms with Gasteiger partial charge in [-0.1, -0.05) is 19.9 Å². The largest absolute Gasteiger partial charge is 0.212 e. The third-order valence-electron chi connectivity index (χ3n) is 4.53. The highest BCUT2D eigenvalue weighted by Crippen LogP contribution is 2.40. The smallest absolute Gasteiger partial charge is 0.201 e. The van der Waals surface area contributed by atoms with E-state index in [1.54, 1.807) is 5.56 Å². The minimum Gasteiger partial charge on any atom is -0.201 e. The summed E-state index contributed by atoms with van der Waals surface area (Å²) < 4.78 is 2.20. The number of benzene rings is 1. The normalized spacial score (nSPS) is 16.4. The summed E-state index contributed by atoms with van der Waals surface area (Å²) in [6.45, 7) is 6.96. The molecule has 0 saturated carbocycles. The van der Waals surface area contributed by atoms with Gasteiger partial charge in [-0.3, -0.25) is 0 Å². The molecule has 0 spiro atoms. The molecule has 0 fully saturated rings. The molecule has 0 N–H and O–H groups in total. The van der Waals surface area contributed by atoms with Gasteiger partial charge in [0.2, 0.25) is 5.69 Å². The second-order valence-electron chi connectivity index (χ2n) is 6.40. The summed E-state index contributed by atoms with van der Waals surface area (Å²) in [5.41, 5.74) is 7.49. The molecule has 1 aliphatic rings. The first-order chi connectivity index (χ1) is 8.99. The molecule has 1 aromatic carbocycles. The Morgan fingerprint density at radius 1 is 1.16 bits per heavy atom. The summed E-state index contributed by atoms with van der Waals surface area (Å²) >= 11 is 0. The van der Waals surface area contributed by atoms with E-state index in [4.69, 9.17) is 0 Å². The van der Waals surface area contributed by atoms with Gasteiger partial charge < -0.3 is 0 Å². The summed E-state index contributed by atoms with van der Waals surface area (Å²) in [5, 5.41) is 0. The van der Waals surface area contributed by atoms with Crippen LogP contribution in [0.25, 0.3) is 11.3 Å². The van der Waals surface area contributed by atoms with Crippen LogP contribution in [0, 0.1) is 6.92 Å². The topological polar surface area (TPSA) is 3.88 Å². The van der Waals surface area contributed by atoms with Gasteiger partial charge in [0, 0.05) is 17.7 Å². The van der Waals surface area contributed by atoms with Crippen molar-refractivity contribution >= 4 is 0 Å². The molecular weight excluding hydrogens is 230 g/mol. The van der Waals surface area contributed by atoms with Gasteiger partial charge in [0.25, 0.3) is 0 Å². The molecule has 0 bridgehead atoms. The van der Waals surface area contributed by atoms with Crippen LogP contribution in [-0.4, -0.2) is 0 Å². The fourth-order valence-electron chi connectivity index (χ4n) is 3.25. The SMILES string of the molecule is Cc1cc2c(cc1-c1cccc[n+]1C)CCC2(C)C. The van der Waals surface area contributed by atoms with E-state index in [-0.39, 0.29) is 0 Å².